The van der Waals surface area contributed by atoms with Crippen LogP contribution in [-0.4, -0.2) is 17.6 Å². The summed E-state index contributed by atoms with van der Waals surface area (Å²) in [4.78, 5) is 4.78. The van der Waals surface area contributed by atoms with Gasteiger partial charge in [-0.3, -0.25) is 0 Å². The molecule has 100 valence electrons. The molecule has 0 saturated carbocycles. The van der Waals surface area contributed by atoms with Crippen molar-refractivity contribution in [3.8, 4) is 5.88 Å². The van der Waals surface area contributed by atoms with Crippen LogP contribution >= 0.6 is 0 Å². The van der Waals surface area contributed by atoms with Gasteiger partial charge in [0.15, 0.2) is 0 Å². The summed E-state index contributed by atoms with van der Waals surface area (Å²) >= 11 is 0. The molecule has 1 N–H and O–H groups in total. The van der Waals surface area contributed by atoms with Gasteiger partial charge in [0.1, 0.15) is 6.10 Å². The van der Waals surface area contributed by atoms with E-state index in [1.54, 1.807) is 0 Å². The molecule has 2 aromatic rings. The molecular formula is C16H20N2O. The molecule has 3 rings (SSSR count). The molecule has 1 aliphatic heterocycles. The van der Waals surface area contributed by atoms with Crippen LogP contribution in [0.15, 0.2) is 24.3 Å². The van der Waals surface area contributed by atoms with Crippen molar-refractivity contribution in [2.24, 2.45) is 0 Å². The minimum Gasteiger partial charge on any atom is -0.473 e. The highest BCUT2D eigenvalue weighted by molar-refractivity contribution is 5.83. The number of rotatable bonds is 2. The Hall–Kier alpha value is -1.61. The summed E-state index contributed by atoms with van der Waals surface area (Å²) in [7, 11) is 0. The molecule has 0 unspecified atom stereocenters. The number of hydrogen-bond donors (Lipinski definition) is 1. The summed E-state index contributed by atoms with van der Waals surface area (Å²) in [5.74, 6) is 0.810. The second-order valence-corrected chi connectivity index (χ2v) is 5.07. The van der Waals surface area contributed by atoms with Crippen molar-refractivity contribution >= 4 is 10.9 Å². The predicted molar refractivity (Wildman–Crippen MR) is 77.5 cm³/mol. The van der Waals surface area contributed by atoms with E-state index in [1.807, 2.05) is 0 Å². The summed E-state index contributed by atoms with van der Waals surface area (Å²) in [6, 6.07) is 8.59. The van der Waals surface area contributed by atoms with Crippen molar-refractivity contribution in [3.63, 3.8) is 0 Å². The number of nitrogens with one attached hydrogen (secondary N) is 1. The number of fused-ring (bicyclic) bond motifs is 2. The maximum atomic E-state index is 6.04. The summed E-state index contributed by atoms with van der Waals surface area (Å²) in [6.07, 6.45) is 2.22. The molecule has 3 heteroatoms. The molecule has 0 aliphatic carbocycles. The highest BCUT2D eigenvalue weighted by atomic mass is 16.5. The smallest absolute Gasteiger partial charge is 0.218 e. The number of pyridine rings is 1. The number of hydrogen-bond acceptors (Lipinski definition) is 3. The molecule has 3 nitrogen and oxygen atoms in total. The molecule has 1 atom stereocenters. The first kappa shape index (κ1) is 12.4. The molecule has 1 aromatic heterocycles. The van der Waals surface area contributed by atoms with Crippen LogP contribution in [-0.2, 0) is 13.0 Å². The van der Waals surface area contributed by atoms with Gasteiger partial charge in [0.25, 0.3) is 0 Å². The molecule has 19 heavy (non-hydrogen) atoms. The van der Waals surface area contributed by atoms with E-state index in [2.05, 4.69) is 43.4 Å². The van der Waals surface area contributed by atoms with Crippen LogP contribution < -0.4 is 10.1 Å². The van der Waals surface area contributed by atoms with Crippen LogP contribution in [0, 0.1) is 0 Å². The van der Waals surface area contributed by atoms with Crippen molar-refractivity contribution < 1.29 is 4.74 Å². The monoisotopic (exact) mass is 256 g/mol. The lowest BCUT2D eigenvalue weighted by Gasteiger charge is -2.15. The zero-order valence-electron chi connectivity index (χ0n) is 11.6. The zero-order chi connectivity index (χ0) is 13.2. The lowest BCUT2D eigenvalue weighted by molar-refractivity contribution is 0.195. The van der Waals surface area contributed by atoms with Crippen molar-refractivity contribution in [2.75, 3.05) is 6.54 Å². The van der Waals surface area contributed by atoms with E-state index >= 15 is 0 Å². The number of nitrogens with zero attached hydrogens (tertiary/aromatic N) is 1. The molecule has 1 aliphatic rings. The highest BCUT2D eigenvalue weighted by Crippen LogP contribution is 2.27. The predicted octanol–water partition coefficient (Wildman–Crippen LogP) is 3.06. The van der Waals surface area contributed by atoms with E-state index in [9.17, 15) is 0 Å². The first-order chi connectivity index (χ1) is 9.31. The molecule has 2 heterocycles. The highest BCUT2D eigenvalue weighted by Gasteiger charge is 2.18. The molecule has 0 spiro atoms. The summed E-state index contributed by atoms with van der Waals surface area (Å²) in [5, 5.41) is 4.64. The van der Waals surface area contributed by atoms with Crippen LogP contribution in [0.3, 0.4) is 0 Å². The summed E-state index contributed by atoms with van der Waals surface area (Å²) in [5.41, 5.74) is 3.53. The first-order valence-corrected chi connectivity index (χ1v) is 7.10. The Morgan fingerprint density at radius 2 is 2.26 bits per heavy atom. The Kier molecular flexibility index (Phi) is 3.38. The Bertz CT molecular complexity index is 595. The third kappa shape index (κ3) is 2.30. The van der Waals surface area contributed by atoms with Gasteiger partial charge in [-0.15, -0.1) is 0 Å². The Morgan fingerprint density at radius 1 is 1.37 bits per heavy atom. The molecule has 0 radical (unpaired) electrons. The zero-order valence-corrected chi connectivity index (χ0v) is 11.6. The maximum Gasteiger partial charge on any atom is 0.218 e. The average Bonchev–Trinajstić information content (AvgIpc) is 2.65. The van der Waals surface area contributed by atoms with Gasteiger partial charge in [0, 0.05) is 24.0 Å². The van der Waals surface area contributed by atoms with Gasteiger partial charge in [-0.05, 0) is 24.5 Å². The van der Waals surface area contributed by atoms with Crippen LogP contribution in [0.2, 0.25) is 0 Å². The van der Waals surface area contributed by atoms with E-state index in [1.165, 1.54) is 10.9 Å². The fraction of sp³-hybridized carbons (Fsp3) is 0.438. The number of benzene rings is 1. The second kappa shape index (κ2) is 5.17. The first-order valence-electron chi connectivity index (χ1n) is 7.10. The fourth-order valence-electron chi connectivity index (χ4n) is 2.60. The summed E-state index contributed by atoms with van der Waals surface area (Å²) < 4.78 is 6.04. The topological polar surface area (TPSA) is 34.1 Å². The van der Waals surface area contributed by atoms with Crippen molar-refractivity contribution in [3.05, 3.63) is 35.4 Å². The van der Waals surface area contributed by atoms with Gasteiger partial charge in [0.2, 0.25) is 5.88 Å². The molecule has 0 saturated heterocycles. The molecule has 0 amide bonds. The fourth-order valence-corrected chi connectivity index (χ4v) is 2.60. The average molecular weight is 256 g/mol. The number of para-hydroxylation sites is 1. The molecule has 0 bridgehead atoms. The lowest BCUT2D eigenvalue weighted by Crippen LogP contribution is -2.27. The lowest BCUT2D eigenvalue weighted by atomic mass is 10.1. The van der Waals surface area contributed by atoms with Crippen molar-refractivity contribution in [1.29, 1.82) is 0 Å². The number of aryl methyl sites for hydroxylation is 1. The van der Waals surface area contributed by atoms with Gasteiger partial charge < -0.3 is 10.1 Å². The van der Waals surface area contributed by atoms with E-state index in [4.69, 9.17) is 9.72 Å². The Balaban J connectivity index is 2.13. The minimum atomic E-state index is 0.222. The maximum absolute atomic E-state index is 6.04. The van der Waals surface area contributed by atoms with E-state index in [-0.39, 0.29) is 6.10 Å². The standard InChI is InChI=1S/C16H20N2O/c1-3-11-6-5-7-12-8-13-9-17-10-14(4-2)19-16(13)18-15(11)12/h5-8,14,17H,3-4,9-10H2,1-2H3/t14-/m0/s1. The van der Waals surface area contributed by atoms with Crippen molar-refractivity contribution in [1.82, 2.24) is 10.3 Å². The largest absolute Gasteiger partial charge is 0.473 e. The van der Waals surface area contributed by atoms with E-state index < -0.39 is 0 Å². The molecular weight excluding hydrogens is 236 g/mol. The molecule has 1 aromatic carbocycles. The quantitative estimate of drug-likeness (QED) is 0.896. The van der Waals surface area contributed by atoms with E-state index in [0.717, 1.165) is 42.9 Å². The normalized spacial score (nSPS) is 18.7. The van der Waals surface area contributed by atoms with Crippen LogP contribution in [0.25, 0.3) is 10.9 Å². The third-order valence-electron chi connectivity index (χ3n) is 3.77. The SMILES string of the molecule is CCc1cccc2cc3c(nc12)O[C@@H](CC)CNC3. The second-order valence-electron chi connectivity index (χ2n) is 5.07. The van der Waals surface area contributed by atoms with E-state index in [0.29, 0.717) is 0 Å². The van der Waals surface area contributed by atoms with Gasteiger partial charge in [-0.1, -0.05) is 32.0 Å². The Morgan fingerprint density at radius 3 is 3.05 bits per heavy atom. The van der Waals surface area contributed by atoms with Crippen molar-refractivity contribution in [2.45, 2.75) is 39.3 Å². The minimum absolute atomic E-state index is 0.222. The molecule has 0 fully saturated rings. The van der Waals surface area contributed by atoms with Gasteiger partial charge in [-0.2, -0.15) is 0 Å². The summed E-state index contributed by atoms with van der Waals surface area (Å²) in [6.45, 7) is 6.05. The third-order valence-corrected chi connectivity index (χ3v) is 3.77. The number of aromatic nitrogens is 1. The van der Waals surface area contributed by atoms with Crippen LogP contribution in [0.1, 0.15) is 31.4 Å². The van der Waals surface area contributed by atoms with Gasteiger partial charge in [0.05, 0.1) is 5.52 Å². The Labute approximate surface area is 114 Å². The van der Waals surface area contributed by atoms with Gasteiger partial charge in [-0.25, -0.2) is 4.98 Å². The van der Waals surface area contributed by atoms with Crippen LogP contribution in [0.5, 0.6) is 5.88 Å². The van der Waals surface area contributed by atoms with Crippen LogP contribution in [0.4, 0.5) is 0 Å². The number of ether oxygens (including phenoxy) is 1. The van der Waals surface area contributed by atoms with Gasteiger partial charge >= 0.3 is 0 Å².